The van der Waals surface area contributed by atoms with Gasteiger partial charge in [-0.2, -0.15) is 0 Å². The molecule has 0 fully saturated rings. The van der Waals surface area contributed by atoms with Crippen LogP contribution in [0.25, 0.3) is 0 Å². The van der Waals surface area contributed by atoms with Crippen LogP contribution in [0.3, 0.4) is 0 Å². The van der Waals surface area contributed by atoms with Gasteiger partial charge in [-0.3, -0.25) is 9.59 Å². The number of nitrogens with one attached hydrogen (secondary N) is 2. The third-order valence-corrected chi connectivity index (χ3v) is 3.15. The topological polar surface area (TPSA) is 96.9 Å². The number of hydrogen-bond donors (Lipinski definition) is 3. The van der Waals surface area contributed by atoms with Crippen LogP contribution in [0, 0.1) is 5.92 Å². The SMILES string of the molecule is CC(C)C(=O)NCC(F)C(C)(C)OCCOCCNC(=O)CO.[V]. The van der Waals surface area contributed by atoms with Crippen molar-refractivity contribution in [1.82, 2.24) is 10.6 Å². The van der Waals surface area contributed by atoms with E-state index in [0.29, 0.717) is 0 Å². The molecule has 0 heterocycles. The summed E-state index contributed by atoms with van der Waals surface area (Å²) in [6, 6.07) is 0. The number of aliphatic hydroxyl groups is 1. The summed E-state index contributed by atoms with van der Waals surface area (Å²) < 4.78 is 24.8. The first kappa shape index (κ1) is 25.6. The second kappa shape index (κ2) is 13.6. The molecule has 0 aliphatic heterocycles. The van der Waals surface area contributed by atoms with Crippen molar-refractivity contribution in [2.45, 2.75) is 39.5 Å². The third-order valence-electron chi connectivity index (χ3n) is 3.15. The summed E-state index contributed by atoms with van der Waals surface area (Å²) >= 11 is 0. The standard InChI is InChI=1S/C15H29FN2O5.V/c1-11(2)14(21)18-9-12(16)15(3,4)23-8-7-22-6-5-17-13(20)10-19;/h11-12,19H,5-10H2,1-4H3,(H,17,20)(H,18,21);. The van der Waals surface area contributed by atoms with Crippen molar-refractivity contribution in [3.8, 4) is 0 Å². The van der Waals surface area contributed by atoms with Crippen LogP contribution >= 0.6 is 0 Å². The van der Waals surface area contributed by atoms with E-state index in [-0.39, 0.29) is 63.3 Å². The number of aliphatic hydroxyl groups excluding tert-OH is 1. The Hall–Kier alpha value is -0.666. The number of carbonyl (C=O) groups is 2. The van der Waals surface area contributed by atoms with E-state index < -0.39 is 24.3 Å². The molecule has 0 aromatic carbocycles. The Kier molecular flexibility index (Phi) is 14.5. The van der Waals surface area contributed by atoms with Gasteiger partial charge in [0.15, 0.2) is 0 Å². The van der Waals surface area contributed by atoms with Crippen LogP contribution in [0.5, 0.6) is 0 Å². The first-order valence-electron chi connectivity index (χ1n) is 7.71. The largest absolute Gasteiger partial charge is 0.387 e. The molecule has 0 rings (SSSR count). The molecule has 0 bridgehead atoms. The van der Waals surface area contributed by atoms with Gasteiger partial charge >= 0.3 is 0 Å². The normalized spacial score (nSPS) is 12.5. The Labute approximate surface area is 154 Å². The Morgan fingerprint density at radius 2 is 1.79 bits per heavy atom. The molecule has 9 heteroatoms. The third kappa shape index (κ3) is 11.8. The molecule has 3 N–H and O–H groups in total. The van der Waals surface area contributed by atoms with Crippen LogP contribution in [0.4, 0.5) is 4.39 Å². The fourth-order valence-corrected chi connectivity index (χ4v) is 1.51. The molecule has 2 amide bonds. The Balaban J connectivity index is 0. The smallest absolute Gasteiger partial charge is 0.245 e. The number of carbonyl (C=O) groups excluding carboxylic acids is 2. The van der Waals surface area contributed by atoms with E-state index in [9.17, 15) is 14.0 Å². The van der Waals surface area contributed by atoms with E-state index in [0.717, 1.165) is 0 Å². The van der Waals surface area contributed by atoms with Gasteiger partial charge in [-0.25, -0.2) is 4.39 Å². The van der Waals surface area contributed by atoms with Gasteiger partial charge in [0.05, 0.1) is 32.0 Å². The Morgan fingerprint density at radius 3 is 2.33 bits per heavy atom. The zero-order valence-electron chi connectivity index (χ0n) is 14.8. The summed E-state index contributed by atoms with van der Waals surface area (Å²) in [5.41, 5.74) is -1.04. The minimum absolute atomic E-state index is 0. The number of halogens is 1. The van der Waals surface area contributed by atoms with Gasteiger partial charge in [0.1, 0.15) is 12.8 Å². The fraction of sp³-hybridized carbons (Fsp3) is 0.867. The van der Waals surface area contributed by atoms with Gasteiger partial charge < -0.3 is 25.2 Å². The van der Waals surface area contributed by atoms with E-state index in [1.54, 1.807) is 27.7 Å². The molecule has 7 nitrogen and oxygen atoms in total. The Morgan fingerprint density at radius 1 is 1.17 bits per heavy atom. The number of ether oxygens (including phenoxy) is 2. The zero-order valence-corrected chi connectivity index (χ0v) is 16.2. The monoisotopic (exact) mass is 387 g/mol. The molecule has 0 spiro atoms. The summed E-state index contributed by atoms with van der Waals surface area (Å²) in [7, 11) is 0. The van der Waals surface area contributed by atoms with Crippen LogP contribution < -0.4 is 10.6 Å². The van der Waals surface area contributed by atoms with Crippen molar-refractivity contribution in [2.75, 3.05) is 39.5 Å². The quantitative estimate of drug-likeness (QED) is 0.410. The van der Waals surface area contributed by atoms with Crippen molar-refractivity contribution in [3.05, 3.63) is 0 Å². The molecular weight excluding hydrogens is 358 g/mol. The van der Waals surface area contributed by atoms with Gasteiger partial charge in [0.2, 0.25) is 11.8 Å². The van der Waals surface area contributed by atoms with E-state index in [2.05, 4.69) is 10.6 Å². The number of amides is 2. The minimum atomic E-state index is -1.34. The van der Waals surface area contributed by atoms with Gasteiger partial charge in [-0.15, -0.1) is 0 Å². The van der Waals surface area contributed by atoms with Crippen LogP contribution in [-0.2, 0) is 37.6 Å². The van der Waals surface area contributed by atoms with Crippen LogP contribution in [0.2, 0.25) is 0 Å². The average Bonchev–Trinajstić information content (AvgIpc) is 2.50. The van der Waals surface area contributed by atoms with E-state index in [4.69, 9.17) is 14.6 Å². The molecule has 0 aromatic rings. The first-order chi connectivity index (χ1) is 10.7. The molecule has 0 saturated heterocycles. The average molecular weight is 387 g/mol. The fourth-order valence-electron chi connectivity index (χ4n) is 1.51. The van der Waals surface area contributed by atoms with Gasteiger partial charge in [0, 0.05) is 31.0 Å². The summed E-state index contributed by atoms with van der Waals surface area (Å²) in [5, 5.41) is 13.5. The van der Waals surface area contributed by atoms with Crippen LogP contribution in [0.1, 0.15) is 27.7 Å². The molecule has 24 heavy (non-hydrogen) atoms. The summed E-state index contributed by atoms with van der Waals surface area (Å²) in [5.74, 6) is -0.850. The Bertz CT molecular complexity index is 370. The molecule has 1 unspecified atom stereocenters. The second-order valence-electron chi connectivity index (χ2n) is 5.94. The molecule has 0 aliphatic carbocycles. The molecule has 0 aromatic heterocycles. The zero-order chi connectivity index (χ0) is 17.9. The van der Waals surface area contributed by atoms with Gasteiger partial charge in [-0.05, 0) is 13.8 Å². The van der Waals surface area contributed by atoms with Crippen molar-refractivity contribution < 1.29 is 47.1 Å². The van der Waals surface area contributed by atoms with Crippen LogP contribution in [0.15, 0.2) is 0 Å². The van der Waals surface area contributed by atoms with E-state index in [1.165, 1.54) is 0 Å². The predicted octanol–water partition coefficient (Wildman–Crippen LogP) is 0.0145. The number of hydrogen-bond acceptors (Lipinski definition) is 5. The maximum Gasteiger partial charge on any atom is 0.245 e. The maximum absolute atomic E-state index is 14.1. The maximum atomic E-state index is 14.1. The van der Waals surface area contributed by atoms with Crippen molar-refractivity contribution in [1.29, 1.82) is 0 Å². The molecule has 1 atom stereocenters. The first-order valence-corrected chi connectivity index (χ1v) is 7.71. The summed E-state index contributed by atoms with van der Waals surface area (Å²) in [4.78, 5) is 22.2. The summed E-state index contributed by atoms with van der Waals surface area (Å²) in [6.45, 7) is 7.06. The minimum Gasteiger partial charge on any atom is -0.387 e. The second-order valence-corrected chi connectivity index (χ2v) is 5.94. The number of alkyl halides is 1. The molecule has 0 saturated carbocycles. The van der Waals surface area contributed by atoms with Crippen molar-refractivity contribution in [2.24, 2.45) is 5.92 Å². The van der Waals surface area contributed by atoms with Gasteiger partial charge in [-0.1, -0.05) is 13.8 Å². The molecular formula is C15H29FN2O5V. The summed E-state index contributed by atoms with van der Waals surface area (Å²) in [6.07, 6.45) is -1.34. The molecule has 1 radical (unpaired) electrons. The van der Waals surface area contributed by atoms with Crippen LogP contribution in [-0.4, -0.2) is 68.2 Å². The van der Waals surface area contributed by atoms with Crippen molar-refractivity contribution >= 4 is 11.8 Å². The van der Waals surface area contributed by atoms with Crippen molar-refractivity contribution in [3.63, 3.8) is 0 Å². The predicted molar refractivity (Wildman–Crippen MR) is 83.7 cm³/mol. The van der Waals surface area contributed by atoms with Gasteiger partial charge in [0.25, 0.3) is 0 Å². The number of rotatable bonds is 12. The molecule has 0 aliphatic rings. The molecule has 141 valence electrons. The van der Waals surface area contributed by atoms with E-state index >= 15 is 0 Å². The van der Waals surface area contributed by atoms with E-state index in [1.807, 2.05) is 0 Å².